The van der Waals surface area contributed by atoms with Crippen LogP contribution in [0.2, 0.25) is 0 Å². The van der Waals surface area contributed by atoms with Crippen LogP contribution in [0.15, 0.2) is 0 Å². The van der Waals surface area contributed by atoms with Crippen molar-refractivity contribution >= 4 is 26.0 Å². The number of nitrogens with one attached hydrogen (secondary N) is 1. The van der Waals surface area contributed by atoms with E-state index in [-0.39, 0.29) is 4.66 Å². The number of alkyl halides is 1. The summed E-state index contributed by atoms with van der Waals surface area (Å²) < 4.78 is 23.9. The summed E-state index contributed by atoms with van der Waals surface area (Å²) >= 11 is 2.87. The van der Waals surface area contributed by atoms with Gasteiger partial charge in [-0.25, -0.2) is 13.1 Å². The molecule has 0 saturated carbocycles. The molecule has 0 aromatic heterocycles. The fourth-order valence-electron chi connectivity index (χ4n) is 0.332. The Bertz CT molecular complexity index is 176. The molecule has 0 saturated heterocycles. The molecule has 5 heteroatoms. The number of halogens is 1. The molecule has 0 radical (unpaired) electrons. The third-order valence-electron chi connectivity index (χ3n) is 0.855. The highest BCUT2D eigenvalue weighted by atomic mass is 79.9. The highest BCUT2D eigenvalue weighted by Gasteiger charge is 2.06. The van der Waals surface area contributed by atoms with Gasteiger partial charge >= 0.3 is 0 Å². The summed E-state index contributed by atoms with van der Waals surface area (Å²) in [5.41, 5.74) is 0. The summed E-state index contributed by atoms with van der Waals surface area (Å²) in [5.74, 6) is 0.355. The Hall–Kier alpha value is 0.390. The summed E-state index contributed by atoms with van der Waals surface area (Å²) in [6.45, 7) is 4.42. The number of rotatable bonds is 4. The fraction of sp³-hybridized carbons (Fsp3) is 1.00. The standard InChI is InChI=1S/C5H12BrNO2S/c1-5(2)3-7-10(8,9)4-6/h5,7H,3-4H2,1-2H3. The second-order valence-corrected chi connectivity index (χ2v) is 5.58. The van der Waals surface area contributed by atoms with E-state index in [1.807, 2.05) is 13.8 Å². The molecule has 0 aliphatic rings. The van der Waals surface area contributed by atoms with Crippen molar-refractivity contribution in [1.29, 1.82) is 0 Å². The predicted molar refractivity (Wildman–Crippen MR) is 45.6 cm³/mol. The van der Waals surface area contributed by atoms with Crippen molar-refractivity contribution in [1.82, 2.24) is 4.72 Å². The zero-order valence-electron chi connectivity index (χ0n) is 6.09. The maximum Gasteiger partial charge on any atom is 0.221 e. The monoisotopic (exact) mass is 229 g/mol. The van der Waals surface area contributed by atoms with E-state index in [4.69, 9.17) is 0 Å². The Morgan fingerprint density at radius 2 is 2.00 bits per heavy atom. The average Bonchev–Trinajstić information content (AvgIpc) is 1.85. The Balaban J connectivity index is 3.70. The molecule has 0 unspecified atom stereocenters. The van der Waals surface area contributed by atoms with Gasteiger partial charge in [0, 0.05) is 6.54 Å². The van der Waals surface area contributed by atoms with E-state index in [0.717, 1.165) is 0 Å². The number of sulfonamides is 1. The molecule has 0 bridgehead atoms. The molecule has 0 aliphatic heterocycles. The first-order valence-electron chi connectivity index (χ1n) is 3.01. The van der Waals surface area contributed by atoms with Crippen molar-refractivity contribution in [3.05, 3.63) is 0 Å². The van der Waals surface area contributed by atoms with E-state index in [0.29, 0.717) is 12.5 Å². The van der Waals surface area contributed by atoms with E-state index in [9.17, 15) is 8.42 Å². The van der Waals surface area contributed by atoms with E-state index in [1.165, 1.54) is 0 Å². The number of hydrogen-bond acceptors (Lipinski definition) is 2. The minimum atomic E-state index is -3.05. The Morgan fingerprint density at radius 1 is 1.50 bits per heavy atom. The summed E-state index contributed by atoms with van der Waals surface area (Å²) in [6.07, 6.45) is 0. The smallest absolute Gasteiger partial charge is 0.214 e. The van der Waals surface area contributed by atoms with Gasteiger partial charge in [0.2, 0.25) is 10.0 Å². The van der Waals surface area contributed by atoms with Crippen LogP contribution in [0.25, 0.3) is 0 Å². The summed E-state index contributed by atoms with van der Waals surface area (Å²) in [6, 6.07) is 0. The quantitative estimate of drug-likeness (QED) is 0.730. The second kappa shape index (κ2) is 4.31. The molecule has 0 aromatic carbocycles. The molecule has 3 nitrogen and oxygen atoms in total. The van der Waals surface area contributed by atoms with Crippen LogP contribution in [0.5, 0.6) is 0 Å². The third-order valence-corrected chi connectivity index (χ3v) is 3.56. The van der Waals surface area contributed by atoms with E-state index >= 15 is 0 Å². The van der Waals surface area contributed by atoms with Crippen LogP contribution in [0.1, 0.15) is 13.8 Å². The van der Waals surface area contributed by atoms with E-state index in [1.54, 1.807) is 0 Å². The third kappa shape index (κ3) is 5.20. The Kier molecular flexibility index (Phi) is 4.47. The van der Waals surface area contributed by atoms with Gasteiger partial charge in [0.05, 0.1) is 0 Å². The van der Waals surface area contributed by atoms with Gasteiger partial charge in [0.25, 0.3) is 0 Å². The van der Waals surface area contributed by atoms with E-state index < -0.39 is 10.0 Å². The zero-order chi connectivity index (χ0) is 8.20. The molecule has 0 fully saturated rings. The fourth-order valence-corrected chi connectivity index (χ4v) is 1.48. The molecule has 0 aromatic rings. The molecule has 0 atom stereocenters. The molecular weight excluding hydrogens is 218 g/mol. The van der Waals surface area contributed by atoms with Gasteiger partial charge in [-0.15, -0.1) is 0 Å². The lowest BCUT2D eigenvalue weighted by Crippen LogP contribution is -2.27. The summed E-state index contributed by atoms with van der Waals surface area (Å²) in [4.78, 5) is 0. The van der Waals surface area contributed by atoms with Crippen LogP contribution in [0.4, 0.5) is 0 Å². The summed E-state index contributed by atoms with van der Waals surface area (Å²) in [5, 5.41) is 0. The lowest BCUT2D eigenvalue weighted by molar-refractivity contribution is 0.564. The summed E-state index contributed by atoms with van der Waals surface area (Å²) in [7, 11) is -3.05. The minimum Gasteiger partial charge on any atom is -0.214 e. The Labute approximate surface area is 70.4 Å². The van der Waals surface area contributed by atoms with Crippen molar-refractivity contribution in [3.63, 3.8) is 0 Å². The van der Waals surface area contributed by atoms with Gasteiger partial charge in [-0.3, -0.25) is 0 Å². The van der Waals surface area contributed by atoms with Crippen LogP contribution in [-0.2, 0) is 10.0 Å². The normalized spacial score (nSPS) is 12.4. The van der Waals surface area contributed by atoms with Crippen LogP contribution in [-0.4, -0.2) is 19.6 Å². The highest BCUT2D eigenvalue weighted by molar-refractivity contribution is 9.10. The topological polar surface area (TPSA) is 46.2 Å². The molecule has 0 spiro atoms. The Morgan fingerprint density at radius 3 is 2.30 bits per heavy atom. The lowest BCUT2D eigenvalue weighted by atomic mass is 10.2. The van der Waals surface area contributed by atoms with Crippen molar-refractivity contribution in [2.24, 2.45) is 5.92 Å². The maximum atomic E-state index is 10.7. The molecule has 0 aliphatic carbocycles. The van der Waals surface area contributed by atoms with Crippen molar-refractivity contribution in [2.75, 3.05) is 11.2 Å². The zero-order valence-corrected chi connectivity index (χ0v) is 8.50. The van der Waals surface area contributed by atoms with Gasteiger partial charge in [0.1, 0.15) is 4.66 Å². The van der Waals surface area contributed by atoms with Crippen LogP contribution in [0, 0.1) is 5.92 Å². The van der Waals surface area contributed by atoms with Crippen LogP contribution >= 0.6 is 15.9 Å². The predicted octanol–water partition coefficient (Wildman–Crippen LogP) is 0.914. The SMILES string of the molecule is CC(C)CNS(=O)(=O)CBr. The molecule has 0 amide bonds. The maximum absolute atomic E-state index is 10.7. The van der Waals surface area contributed by atoms with Gasteiger partial charge in [-0.2, -0.15) is 0 Å². The van der Waals surface area contributed by atoms with Gasteiger partial charge in [-0.1, -0.05) is 29.8 Å². The van der Waals surface area contributed by atoms with E-state index in [2.05, 4.69) is 20.7 Å². The van der Waals surface area contributed by atoms with Gasteiger partial charge in [0.15, 0.2) is 0 Å². The highest BCUT2D eigenvalue weighted by Crippen LogP contribution is 1.93. The minimum absolute atomic E-state index is 0.0211. The van der Waals surface area contributed by atoms with Gasteiger partial charge in [-0.05, 0) is 5.92 Å². The molecule has 0 heterocycles. The molecule has 0 rings (SSSR count). The largest absolute Gasteiger partial charge is 0.221 e. The molecule has 1 N–H and O–H groups in total. The molecular formula is C5H12BrNO2S. The first-order valence-corrected chi connectivity index (χ1v) is 5.78. The van der Waals surface area contributed by atoms with Gasteiger partial charge < -0.3 is 0 Å². The first kappa shape index (κ1) is 10.4. The second-order valence-electron chi connectivity index (χ2n) is 2.47. The lowest BCUT2D eigenvalue weighted by Gasteiger charge is -2.05. The van der Waals surface area contributed by atoms with Crippen LogP contribution < -0.4 is 4.72 Å². The average molecular weight is 230 g/mol. The van der Waals surface area contributed by atoms with Crippen molar-refractivity contribution < 1.29 is 8.42 Å². The van der Waals surface area contributed by atoms with Crippen molar-refractivity contribution in [2.45, 2.75) is 13.8 Å². The molecule has 62 valence electrons. The van der Waals surface area contributed by atoms with Crippen LogP contribution in [0.3, 0.4) is 0 Å². The number of hydrogen-bond donors (Lipinski definition) is 1. The molecule has 10 heavy (non-hydrogen) atoms. The first-order chi connectivity index (χ1) is 4.48. The van der Waals surface area contributed by atoms with Crippen molar-refractivity contribution in [3.8, 4) is 0 Å².